The van der Waals surface area contributed by atoms with Gasteiger partial charge in [-0.15, -0.1) is 0 Å². The van der Waals surface area contributed by atoms with Crippen LogP contribution in [0.1, 0.15) is 24.0 Å². The molecular weight excluding hydrogens is 475 g/mol. The van der Waals surface area contributed by atoms with Crippen LogP contribution >= 0.6 is 22.6 Å². The first-order chi connectivity index (χ1) is 13.5. The first kappa shape index (κ1) is 17.4. The fraction of sp³-hybridized carbons (Fsp3) is 0.143. The standard InChI is InChI=1S/C21H12F2IN3O/c22-15-10-14(7-6-13-4-2-1-3-5-13)11-16(23)18(15)26-19(28)21(8-9-21)27-17(24)12-25-20(26)27/h1-5,10-12H,8-9H2. The molecule has 2 aliphatic rings. The zero-order valence-electron chi connectivity index (χ0n) is 14.4. The van der Waals surface area contributed by atoms with Gasteiger partial charge in [0.1, 0.15) is 14.9 Å². The normalized spacial score (nSPS) is 16.1. The van der Waals surface area contributed by atoms with E-state index in [4.69, 9.17) is 0 Å². The van der Waals surface area contributed by atoms with Crippen LogP contribution in [0.25, 0.3) is 0 Å². The molecule has 1 aromatic heterocycles. The highest BCUT2D eigenvalue weighted by molar-refractivity contribution is 14.1. The van der Waals surface area contributed by atoms with Crippen LogP contribution in [0.4, 0.5) is 20.4 Å². The Morgan fingerprint density at radius 1 is 1.04 bits per heavy atom. The van der Waals surface area contributed by atoms with Gasteiger partial charge < -0.3 is 0 Å². The second-order valence-electron chi connectivity index (χ2n) is 6.79. The molecule has 138 valence electrons. The van der Waals surface area contributed by atoms with E-state index >= 15 is 0 Å². The van der Waals surface area contributed by atoms with Crippen molar-refractivity contribution in [2.45, 2.75) is 18.4 Å². The highest BCUT2D eigenvalue weighted by atomic mass is 127. The lowest BCUT2D eigenvalue weighted by Gasteiger charge is -2.17. The predicted octanol–water partition coefficient (Wildman–Crippen LogP) is 4.33. The maximum atomic E-state index is 14.9. The van der Waals surface area contributed by atoms with Crippen LogP contribution in [-0.2, 0) is 10.3 Å². The van der Waals surface area contributed by atoms with Crippen molar-refractivity contribution in [1.82, 2.24) is 9.55 Å². The largest absolute Gasteiger partial charge is 0.289 e. The molecule has 0 atom stereocenters. The van der Waals surface area contributed by atoms with Crippen molar-refractivity contribution in [2.24, 2.45) is 0 Å². The molecule has 0 saturated heterocycles. The van der Waals surface area contributed by atoms with Gasteiger partial charge in [-0.25, -0.2) is 18.7 Å². The molecule has 0 radical (unpaired) electrons. The smallest absolute Gasteiger partial charge is 0.260 e. The van der Waals surface area contributed by atoms with Crippen molar-refractivity contribution in [2.75, 3.05) is 4.90 Å². The van der Waals surface area contributed by atoms with E-state index in [9.17, 15) is 13.6 Å². The first-order valence-corrected chi connectivity index (χ1v) is 9.73. The van der Waals surface area contributed by atoms with Crippen molar-refractivity contribution in [3.05, 3.63) is 75.1 Å². The summed E-state index contributed by atoms with van der Waals surface area (Å²) in [4.78, 5) is 18.2. The molecule has 0 bridgehead atoms. The van der Waals surface area contributed by atoms with Gasteiger partial charge in [0.15, 0.2) is 11.6 Å². The maximum Gasteiger partial charge on any atom is 0.260 e. The Hall–Kier alpha value is -2.73. The van der Waals surface area contributed by atoms with Gasteiger partial charge in [-0.2, -0.15) is 0 Å². The monoisotopic (exact) mass is 487 g/mol. The molecule has 3 aromatic rings. The van der Waals surface area contributed by atoms with Gasteiger partial charge in [0, 0.05) is 11.1 Å². The summed E-state index contributed by atoms with van der Waals surface area (Å²) in [7, 11) is 0. The van der Waals surface area contributed by atoms with Crippen molar-refractivity contribution in [1.29, 1.82) is 0 Å². The van der Waals surface area contributed by atoms with Crippen LogP contribution in [0.2, 0.25) is 0 Å². The molecule has 1 amide bonds. The average molecular weight is 487 g/mol. The lowest BCUT2D eigenvalue weighted by atomic mass is 10.1. The fourth-order valence-corrected chi connectivity index (χ4v) is 4.36. The lowest BCUT2D eigenvalue weighted by molar-refractivity contribution is -0.120. The van der Waals surface area contributed by atoms with E-state index in [0.29, 0.717) is 12.8 Å². The Bertz CT molecular complexity index is 1170. The molecule has 5 rings (SSSR count). The van der Waals surface area contributed by atoms with E-state index in [-0.39, 0.29) is 17.4 Å². The molecule has 28 heavy (non-hydrogen) atoms. The minimum Gasteiger partial charge on any atom is -0.289 e. The van der Waals surface area contributed by atoms with E-state index in [1.54, 1.807) is 10.8 Å². The zero-order chi connectivity index (χ0) is 19.5. The molecule has 0 N–H and O–H groups in total. The molecule has 1 aliphatic carbocycles. The second kappa shape index (κ2) is 6.14. The number of aromatic nitrogens is 2. The van der Waals surface area contributed by atoms with E-state index in [1.165, 1.54) is 0 Å². The number of fused-ring (bicyclic) bond motifs is 2. The molecule has 1 aliphatic heterocycles. The van der Waals surface area contributed by atoms with Crippen molar-refractivity contribution in [3.8, 4) is 11.8 Å². The number of anilines is 2. The average Bonchev–Trinajstić information content (AvgIpc) is 3.34. The molecule has 2 heterocycles. The van der Waals surface area contributed by atoms with Crippen molar-refractivity contribution in [3.63, 3.8) is 0 Å². The van der Waals surface area contributed by atoms with Gasteiger partial charge in [-0.1, -0.05) is 30.0 Å². The Labute approximate surface area is 173 Å². The van der Waals surface area contributed by atoms with Crippen LogP contribution < -0.4 is 4.90 Å². The molecule has 1 fully saturated rings. The van der Waals surface area contributed by atoms with Crippen LogP contribution in [0, 0.1) is 27.2 Å². The number of hydrogen-bond acceptors (Lipinski definition) is 2. The third kappa shape index (κ3) is 2.48. The zero-order valence-corrected chi connectivity index (χ0v) is 16.6. The molecular formula is C21H12F2IN3O. The van der Waals surface area contributed by atoms with E-state index in [1.807, 2.05) is 30.3 Å². The summed E-state index contributed by atoms with van der Waals surface area (Å²) in [6, 6.07) is 11.5. The number of rotatable bonds is 1. The highest BCUT2D eigenvalue weighted by Gasteiger charge is 2.61. The highest BCUT2D eigenvalue weighted by Crippen LogP contribution is 2.55. The van der Waals surface area contributed by atoms with Gasteiger partial charge in [-0.05, 0) is 59.7 Å². The number of benzene rings is 2. The molecule has 0 unspecified atom stereocenters. The summed E-state index contributed by atoms with van der Waals surface area (Å²) in [5.41, 5.74) is -0.197. The van der Waals surface area contributed by atoms with Crippen LogP contribution in [0.3, 0.4) is 0 Å². The van der Waals surface area contributed by atoms with Gasteiger partial charge in [0.2, 0.25) is 5.95 Å². The minimum atomic E-state index is -0.840. The minimum absolute atomic E-state index is 0.202. The number of halogens is 3. The molecule has 1 spiro atoms. The van der Waals surface area contributed by atoms with Gasteiger partial charge in [0.25, 0.3) is 5.91 Å². The van der Waals surface area contributed by atoms with Crippen molar-refractivity contribution < 1.29 is 13.6 Å². The summed E-state index contributed by atoms with van der Waals surface area (Å²) in [6.07, 6.45) is 2.89. The number of carbonyl (C=O) groups excluding carboxylic acids is 1. The summed E-state index contributed by atoms with van der Waals surface area (Å²) < 4.78 is 32.3. The molecule has 1 saturated carbocycles. The summed E-state index contributed by atoms with van der Waals surface area (Å²) in [6.45, 7) is 0. The van der Waals surface area contributed by atoms with Crippen LogP contribution in [-0.4, -0.2) is 15.5 Å². The number of nitrogens with zero attached hydrogens (tertiary/aromatic N) is 3. The topological polar surface area (TPSA) is 38.1 Å². The number of imidazole rings is 1. The quantitative estimate of drug-likeness (QED) is 0.379. The van der Waals surface area contributed by atoms with Gasteiger partial charge >= 0.3 is 0 Å². The fourth-order valence-electron chi connectivity index (χ4n) is 3.54. The number of carbonyl (C=O) groups is 1. The Kier molecular flexibility index (Phi) is 3.81. The summed E-state index contributed by atoms with van der Waals surface area (Å²) in [5.74, 6) is 3.88. The third-order valence-electron chi connectivity index (χ3n) is 5.02. The second-order valence-corrected chi connectivity index (χ2v) is 7.90. The molecule has 7 heteroatoms. The van der Waals surface area contributed by atoms with Gasteiger partial charge in [-0.3, -0.25) is 9.36 Å². The Balaban J connectivity index is 1.57. The summed E-state index contributed by atoms with van der Waals surface area (Å²) in [5, 5.41) is 0. The lowest BCUT2D eigenvalue weighted by Crippen LogP contribution is -2.31. The van der Waals surface area contributed by atoms with Crippen molar-refractivity contribution >= 4 is 40.1 Å². The van der Waals surface area contributed by atoms with Crippen LogP contribution in [0.5, 0.6) is 0 Å². The van der Waals surface area contributed by atoms with Gasteiger partial charge in [0.05, 0.1) is 6.20 Å². The first-order valence-electron chi connectivity index (χ1n) is 8.66. The predicted molar refractivity (Wildman–Crippen MR) is 108 cm³/mol. The number of hydrogen-bond donors (Lipinski definition) is 0. The number of amides is 1. The van der Waals surface area contributed by atoms with E-state index in [2.05, 4.69) is 39.4 Å². The Morgan fingerprint density at radius 2 is 1.68 bits per heavy atom. The molecule has 2 aromatic carbocycles. The SMILES string of the molecule is O=C1N(c2c(F)cc(C#Cc3ccccc3)cc2F)c2ncc(I)n2C12CC2. The third-order valence-corrected chi connectivity index (χ3v) is 5.78. The van der Waals surface area contributed by atoms with E-state index in [0.717, 1.165) is 26.3 Å². The molecule has 4 nitrogen and oxygen atoms in total. The summed E-state index contributed by atoms with van der Waals surface area (Å²) >= 11 is 2.08. The van der Waals surface area contributed by atoms with E-state index < -0.39 is 22.9 Å². The maximum absolute atomic E-state index is 14.9. The Morgan fingerprint density at radius 3 is 2.32 bits per heavy atom. The van der Waals surface area contributed by atoms with Crippen LogP contribution in [0.15, 0.2) is 48.7 Å².